The molecule has 2 unspecified atom stereocenters. The number of hydrogen-bond acceptors (Lipinski definition) is 3. The van der Waals surface area contributed by atoms with E-state index in [2.05, 4.69) is 11.9 Å². The number of β-amino-alcohol motifs (C(OH)–C–C–N with tert-alkyl or cyclic N) is 1. The molecular weight excluding hydrogens is 192 g/mol. The number of rotatable bonds is 4. The van der Waals surface area contributed by atoms with Gasteiger partial charge in [-0.05, 0) is 20.3 Å². The molecule has 0 aromatic carbocycles. The zero-order chi connectivity index (χ0) is 11.4. The Morgan fingerprint density at radius 1 is 1.67 bits per heavy atom. The fourth-order valence-electron chi connectivity index (χ4n) is 1.80. The van der Waals surface area contributed by atoms with E-state index in [0.717, 1.165) is 5.57 Å². The van der Waals surface area contributed by atoms with E-state index < -0.39 is 0 Å². The molecule has 86 valence electrons. The molecule has 0 aliphatic carbocycles. The quantitative estimate of drug-likeness (QED) is 0.651. The molecule has 1 aliphatic rings. The van der Waals surface area contributed by atoms with Gasteiger partial charge in [0.05, 0.1) is 12.1 Å². The first-order chi connectivity index (χ1) is 7.04. The maximum absolute atomic E-state index is 12.0. The SMILES string of the molecule is C=C(C)CN(CC)C(=O)C1CC(O)CN1. The van der Waals surface area contributed by atoms with Crippen molar-refractivity contribution in [2.24, 2.45) is 0 Å². The summed E-state index contributed by atoms with van der Waals surface area (Å²) < 4.78 is 0. The molecule has 2 N–H and O–H groups in total. The molecule has 1 fully saturated rings. The second-order valence-electron chi connectivity index (χ2n) is 4.16. The van der Waals surface area contributed by atoms with Crippen molar-refractivity contribution in [1.82, 2.24) is 10.2 Å². The van der Waals surface area contributed by atoms with Crippen LogP contribution in [0.4, 0.5) is 0 Å². The van der Waals surface area contributed by atoms with Gasteiger partial charge in [0.15, 0.2) is 0 Å². The fraction of sp³-hybridized carbons (Fsp3) is 0.727. The fourth-order valence-corrected chi connectivity index (χ4v) is 1.80. The second-order valence-corrected chi connectivity index (χ2v) is 4.16. The number of hydrogen-bond donors (Lipinski definition) is 2. The summed E-state index contributed by atoms with van der Waals surface area (Å²) in [6, 6.07) is -0.223. The molecule has 1 heterocycles. The van der Waals surface area contributed by atoms with Crippen LogP contribution in [0.5, 0.6) is 0 Å². The Morgan fingerprint density at radius 3 is 2.73 bits per heavy atom. The van der Waals surface area contributed by atoms with Crippen LogP contribution in [0.1, 0.15) is 20.3 Å². The van der Waals surface area contributed by atoms with Crippen molar-refractivity contribution in [1.29, 1.82) is 0 Å². The van der Waals surface area contributed by atoms with Gasteiger partial charge in [0.25, 0.3) is 0 Å². The van der Waals surface area contributed by atoms with E-state index in [1.54, 1.807) is 4.90 Å². The minimum Gasteiger partial charge on any atom is -0.392 e. The maximum Gasteiger partial charge on any atom is 0.240 e. The Hall–Kier alpha value is -0.870. The maximum atomic E-state index is 12.0. The van der Waals surface area contributed by atoms with E-state index in [9.17, 15) is 9.90 Å². The Balaban J connectivity index is 2.53. The van der Waals surface area contributed by atoms with Crippen molar-refractivity contribution in [3.8, 4) is 0 Å². The zero-order valence-corrected chi connectivity index (χ0v) is 9.49. The molecular formula is C11H20N2O2. The Kier molecular flexibility index (Phi) is 4.29. The van der Waals surface area contributed by atoms with Crippen LogP contribution >= 0.6 is 0 Å². The average Bonchev–Trinajstić information content (AvgIpc) is 2.60. The van der Waals surface area contributed by atoms with Crippen molar-refractivity contribution >= 4 is 5.91 Å². The van der Waals surface area contributed by atoms with Crippen LogP contribution in [0.2, 0.25) is 0 Å². The minimum atomic E-state index is -0.387. The lowest BCUT2D eigenvalue weighted by Crippen LogP contribution is -2.44. The first-order valence-electron chi connectivity index (χ1n) is 5.39. The highest BCUT2D eigenvalue weighted by Gasteiger charge is 2.30. The summed E-state index contributed by atoms with van der Waals surface area (Å²) in [5, 5.41) is 12.4. The van der Waals surface area contributed by atoms with Gasteiger partial charge >= 0.3 is 0 Å². The Labute approximate surface area is 91.0 Å². The largest absolute Gasteiger partial charge is 0.392 e. The number of likely N-dealkylation sites (N-methyl/N-ethyl adjacent to an activating group) is 1. The monoisotopic (exact) mass is 212 g/mol. The lowest BCUT2D eigenvalue weighted by atomic mass is 10.1. The second kappa shape index (κ2) is 5.28. The summed E-state index contributed by atoms with van der Waals surface area (Å²) in [7, 11) is 0. The molecule has 1 saturated heterocycles. The van der Waals surface area contributed by atoms with Crippen molar-refractivity contribution in [2.75, 3.05) is 19.6 Å². The third-order valence-electron chi connectivity index (χ3n) is 2.56. The molecule has 1 aliphatic heterocycles. The van der Waals surface area contributed by atoms with E-state index in [1.165, 1.54) is 0 Å². The predicted molar refractivity (Wildman–Crippen MR) is 59.5 cm³/mol. The summed E-state index contributed by atoms with van der Waals surface area (Å²) in [6.07, 6.45) is 0.133. The highest BCUT2D eigenvalue weighted by atomic mass is 16.3. The highest BCUT2D eigenvalue weighted by Crippen LogP contribution is 2.10. The first kappa shape index (κ1) is 12.2. The van der Waals surface area contributed by atoms with E-state index in [4.69, 9.17) is 0 Å². The standard InChI is InChI=1S/C11H20N2O2/c1-4-13(7-8(2)3)11(15)10-5-9(14)6-12-10/h9-10,12,14H,2,4-7H2,1,3H3. The molecule has 0 radical (unpaired) electrons. The van der Waals surface area contributed by atoms with Crippen LogP contribution < -0.4 is 5.32 Å². The third kappa shape index (κ3) is 3.32. The molecule has 4 nitrogen and oxygen atoms in total. The lowest BCUT2D eigenvalue weighted by molar-refractivity contribution is -0.132. The summed E-state index contributed by atoms with van der Waals surface area (Å²) in [5.74, 6) is 0.0667. The first-order valence-corrected chi connectivity index (χ1v) is 5.39. The van der Waals surface area contributed by atoms with Crippen molar-refractivity contribution in [2.45, 2.75) is 32.4 Å². The van der Waals surface area contributed by atoms with Gasteiger partial charge in [-0.2, -0.15) is 0 Å². The highest BCUT2D eigenvalue weighted by molar-refractivity contribution is 5.82. The number of carbonyl (C=O) groups is 1. The average molecular weight is 212 g/mol. The number of aliphatic hydroxyl groups excluding tert-OH is 1. The van der Waals surface area contributed by atoms with Crippen molar-refractivity contribution < 1.29 is 9.90 Å². The van der Waals surface area contributed by atoms with E-state index in [1.807, 2.05) is 13.8 Å². The Morgan fingerprint density at radius 2 is 2.33 bits per heavy atom. The van der Waals surface area contributed by atoms with E-state index in [0.29, 0.717) is 26.1 Å². The summed E-state index contributed by atoms with van der Waals surface area (Å²) in [5.41, 5.74) is 0.976. The molecule has 0 aromatic heterocycles. The van der Waals surface area contributed by atoms with Gasteiger partial charge in [-0.3, -0.25) is 4.79 Å². The molecule has 1 rings (SSSR count). The molecule has 0 aromatic rings. The van der Waals surface area contributed by atoms with E-state index in [-0.39, 0.29) is 18.1 Å². The van der Waals surface area contributed by atoms with Gasteiger partial charge in [0, 0.05) is 19.6 Å². The number of nitrogens with one attached hydrogen (secondary N) is 1. The van der Waals surface area contributed by atoms with Gasteiger partial charge in [-0.1, -0.05) is 12.2 Å². The minimum absolute atomic E-state index is 0.0667. The van der Waals surface area contributed by atoms with Gasteiger partial charge in [0.1, 0.15) is 0 Å². The molecule has 0 saturated carbocycles. The molecule has 0 spiro atoms. The van der Waals surface area contributed by atoms with Crippen LogP contribution in [0, 0.1) is 0 Å². The molecule has 2 atom stereocenters. The van der Waals surface area contributed by atoms with Crippen LogP contribution in [0.25, 0.3) is 0 Å². The Bertz CT molecular complexity index is 253. The summed E-state index contributed by atoms with van der Waals surface area (Å²) >= 11 is 0. The smallest absolute Gasteiger partial charge is 0.240 e. The van der Waals surface area contributed by atoms with Crippen LogP contribution in [0.3, 0.4) is 0 Å². The summed E-state index contributed by atoms with van der Waals surface area (Å²) in [6.45, 7) is 9.46. The third-order valence-corrected chi connectivity index (χ3v) is 2.56. The number of amides is 1. The van der Waals surface area contributed by atoms with Crippen LogP contribution in [-0.4, -0.2) is 47.7 Å². The van der Waals surface area contributed by atoms with E-state index >= 15 is 0 Å². The van der Waals surface area contributed by atoms with Crippen LogP contribution in [-0.2, 0) is 4.79 Å². The molecule has 1 amide bonds. The lowest BCUT2D eigenvalue weighted by Gasteiger charge is -2.24. The number of aliphatic hydroxyl groups is 1. The number of nitrogens with zero attached hydrogens (tertiary/aromatic N) is 1. The van der Waals surface area contributed by atoms with Crippen LogP contribution in [0.15, 0.2) is 12.2 Å². The molecule has 4 heteroatoms. The number of carbonyl (C=O) groups excluding carboxylic acids is 1. The zero-order valence-electron chi connectivity index (χ0n) is 9.49. The molecule has 15 heavy (non-hydrogen) atoms. The van der Waals surface area contributed by atoms with Gasteiger partial charge in [-0.25, -0.2) is 0 Å². The summed E-state index contributed by atoms with van der Waals surface area (Å²) in [4.78, 5) is 13.7. The van der Waals surface area contributed by atoms with Gasteiger partial charge in [-0.15, -0.1) is 0 Å². The van der Waals surface area contributed by atoms with Crippen molar-refractivity contribution in [3.63, 3.8) is 0 Å². The normalized spacial score (nSPS) is 25.3. The molecule has 0 bridgehead atoms. The van der Waals surface area contributed by atoms with Gasteiger partial charge < -0.3 is 15.3 Å². The van der Waals surface area contributed by atoms with Crippen molar-refractivity contribution in [3.05, 3.63) is 12.2 Å². The topological polar surface area (TPSA) is 52.6 Å². The van der Waals surface area contributed by atoms with Gasteiger partial charge in [0.2, 0.25) is 5.91 Å². The predicted octanol–water partition coefficient (Wildman–Crippen LogP) is 0.134.